The molecule has 92 valence electrons. The summed E-state index contributed by atoms with van der Waals surface area (Å²) in [4.78, 5) is 15.7. The van der Waals surface area contributed by atoms with Crippen LogP contribution in [-0.4, -0.2) is 44.6 Å². The van der Waals surface area contributed by atoms with Crippen molar-refractivity contribution in [1.29, 1.82) is 0 Å². The molecule has 17 heavy (non-hydrogen) atoms. The zero-order chi connectivity index (χ0) is 12.4. The van der Waals surface area contributed by atoms with Crippen molar-refractivity contribution in [2.75, 3.05) is 38.7 Å². The van der Waals surface area contributed by atoms with Gasteiger partial charge in [0.25, 0.3) is 5.91 Å². The van der Waals surface area contributed by atoms with Gasteiger partial charge in [-0.2, -0.15) is 0 Å². The Labute approximate surface area is 109 Å². The number of benzene rings is 1. The molecule has 0 fully saturated rings. The minimum absolute atomic E-state index is 0.0115. The summed E-state index contributed by atoms with van der Waals surface area (Å²) < 4.78 is 6.35. The number of ether oxygens (including phenoxy) is 1. The molecule has 1 aromatic rings. The number of rotatable bonds is 3. The first-order valence-corrected chi connectivity index (χ1v) is 6.24. The normalized spacial score (nSPS) is 14.8. The Balaban J connectivity index is 2.26. The van der Waals surface area contributed by atoms with Crippen molar-refractivity contribution >= 4 is 27.5 Å². The topological polar surface area (TPSA) is 32.8 Å². The van der Waals surface area contributed by atoms with Crippen LogP contribution < -0.4 is 9.64 Å². The Morgan fingerprint density at radius 3 is 2.94 bits per heavy atom. The largest absolute Gasteiger partial charge is 0.482 e. The maximum absolute atomic E-state index is 11.8. The standard InChI is InChI=1S/C12H15BrN2O2/c1-14(2)5-6-15-10-7-9(13)3-4-11(10)17-8-12(15)16/h3-4,7H,5-6,8H2,1-2H3. The lowest BCUT2D eigenvalue weighted by Gasteiger charge is -2.30. The maximum Gasteiger partial charge on any atom is 0.265 e. The highest BCUT2D eigenvalue weighted by Gasteiger charge is 2.25. The average molecular weight is 299 g/mol. The Hall–Kier alpha value is -1.07. The summed E-state index contributed by atoms with van der Waals surface area (Å²) in [5, 5.41) is 0. The molecule has 0 aromatic heterocycles. The van der Waals surface area contributed by atoms with Gasteiger partial charge in [0.15, 0.2) is 6.61 Å². The zero-order valence-electron chi connectivity index (χ0n) is 9.94. The highest BCUT2D eigenvalue weighted by molar-refractivity contribution is 9.10. The Morgan fingerprint density at radius 1 is 1.47 bits per heavy atom. The van der Waals surface area contributed by atoms with E-state index in [-0.39, 0.29) is 12.5 Å². The molecule has 1 aliphatic rings. The van der Waals surface area contributed by atoms with Crippen molar-refractivity contribution in [3.8, 4) is 5.75 Å². The Bertz CT molecular complexity index is 435. The second-order valence-electron chi connectivity index (χ2n) is 4.25. The number of likely N-dealkylation sites (N-methyl/N-ethyl adjacent to an activating group) is 1. The summed E-state index contributed by atoms with van der Waals surface area (Å²) >= 11 is 3.41. The third kappa shape index (κ3) is 2.79. The number of hydrogen-bond acceptors (Lipinski definition) is 3. The van der Waals surface area contributed by atoms with Crippen LogP contribution in [-0.2, 0) is 4.79 Å². The number of carbonyl (C=O) groups is 1. The van der Waals surface area contributed by atoms with E-state index in [4.69, 9.17) is 4.74 Å². The molecule has 4 nitrogen and oxygen atoms in total. The van der Waals surface area contributed by atoms with Crippen LogP contribution in [0.5, 0.6) is 5.75 Å². The molecule has 2 rings (SSSR count). The highest BCUT2D eigenvalue weighted by atomic mass is 79.9. The molecule has 0 saturated heterocycles. The smallest absolute Gasteiger partial charge is 0.265 e. The Kier molecular flexibility index (Phi) is 3.69. The first kappa shape index (κ1) is 12.4. The van der Waals surface area contributed by atoms with Crippen LogP contribution in [0, 0.1) is 0 Å². The number of halogens is 1. The molecule has 0 aliphatic carbocycles. The van der Waals surface area contributed by atoms with Gasteiger partial charge < -0.3 is 14.5 Å². The van der Waals surface area contributed by atoms with Crippen molar-refractivity contribution in [2.45, 2.75) is 0 Å². The molecule has 0 N–H and O–H groups in total. The van der Waals surface area contributed by atoms with E-state index in [2.05, 4.69) is 20.8 Å². The third-order valence-corrected chi connectivity index (χ3v) is 3.13. The zero-order valence-corrected chi connectivity index (χ0v) is 11.5. The van der Waals surface area contributed by atoms with E-state index < -0.39 is 0 Å². The van der Waals surface area contributed by atoms with Gasteiger partial charge in [-0.1, -0.05) is 15.9 Å². The average Bonchev–Trinajstić information content (AvgIpc) is 2.27. The Morgan fingerprint density at radius 2 is 2.24 bits per heavy atom. The van der Waals surface area contributed by atoms with Crippen LogP contribution >= 0.6 is 15.9 Å². The second kappa shape index (κ2) is 5.06. The van der Waals surface area contributed by atoms with Crippen LogP contribution in [0.2, 0.25) is 0 Å². The van der Waals surface area contributed by atoms with Crippen LogP contribution in [0.15, 0.2) is 22.7 Å². The van der Waals surface area contributed by atoms with E-state index in [1.807, 2.05) is 32.3 Å². The van der Waals surface area contributed by atoms with Crippen molar-refractivity contribution in [2.24, 2.45) is 0 Å². The number of carbonyl (C=O) groups excluding carboxylic acids is 1. The van der Waals surface area contributed by atoms with Gasteiger partial charge in [0.05, 0.1) is 5.69 Å². The fourth-order valence-corrected chi connectivity index (χ4v) is 2.07. The maximum atomic E-state index is 11.8. The van der Waals surface area contributed by atoms with E-state index >= 15 is 0 Å². The van der Waals surface area contributed by atoms with Gasteiger partial charge in [-0.15, -0.1) is 0 Å². The fourth-order valence-electron chi connectivity index (χ4n) is 1.72. The molecule has 0 saturated carbocycles. The molecule has 1 aliphatic heterocycles. The first-order valence-electron chi connectivity index (χ1n) is 5.45. The van der Waals surface area contributed by atoms with Gasteiger partial charge in [0.2, 0.25) is 0 Å². The minimum Gasteiger partial charge on any atom is -0.482 e. The molecule has 1 amide bonds. The number of hydrogen-bond donors (Lipinski definition) is 0. The van der Waals surface area contributed by atoms with Crippen molar-refractivity contribution < 1.29 is 9.53 Å². The summed E-state index contributed by atoms with van der Waals surface area (Å²) in [6, 6.07) is 5.72. The lowest BCUT2D eigenvalue weighted by Crippen LogP contribution is -2.42. The van der Waals surface area contributed by atoms with E-state index in [1.54, 1.807) is 4.90 Å². The number of amides is 1. The van der Waals surface area contributed by atoms with E-state index in [0.717, 1.165) is 22.5 Å². The molecule has 0 radical (unpaired) electrons. The number of fused-ring (bicyclic) bond motifs is 1. The molecule has 0 atom stereocenters. The number of anilines is 1. The van der Waals surface area contributed by atoms with E-state index in [1.165, 1.54) is 0 Å². The third-order valence-electron chi connectivity index (χ3n) is 2.63. The van der Waals surface area contributed by atoms with Gasteiger partial charge in [0.1, 0.15) is 5.75 Å². The van der Waals surface area contributed by atoms with Gasteiger partial charge in [0, 0.05) is 17.6 Å². The fraction of sp³-hybridized carbons (Fsp3) is 0.417. The predicted octanol–water partition coefficient (Wildman–Crippen LogP) is 1.74. The highest BCUT2D eigenvalue weighted by Crippen LogP contribution is 2.34. The molecular formula is C12H15BrN2O2. The number of nitrogens with zero attached hydrogens (tertiary/aromatic N) is 2. The summed E-state index contributed by atoms with van der Waals surface area (Å²) in [6.07, 6.45) is 0. The van der Waals surface area contributed by atoms with Crippen LogP contribution in [0.3, 0.4) is 0 Å². The van der Waals surface area contributed by atoms with Crippen molar-refractivity contribution in [1.82, 2.24) is 4.90 Å². The molecule has 1 heterocycles. The minimum atomic E-state index is 0.0115. The summed E-state index contributed by atoms with van der Waals surface area (Å²) in [5.74, 6) is 0.781. The molecule has 0 spiro atoms. The SMILES string of the molecule is CN(C)CCN1C(=O)COc2ccc(Br)cc21. The van der Waals surface area contributed by atoms with E-state index in [0.29, 0.717) is 6.54 Å². The second-order valence-corrected chi connectivity index (χ2v) is 5.17. The van der Waals surface area contributed by atoms with E-state index in [9.17, 15) is 4.79 Å². The summed E-state index contributed by atoms with van der Waals surface area (Å²) in [7, 11) is 3.99. The molecular weight excluding hydrogens is 284 g/mol. The van der Waals surface area contributed by atoms with Crippen molar-refractivity contribution in [3.63, 3.8) is 0 Å². The van der Waals surface area contributed by atoms with Gasteiger partial charge in [-0.3, -0.25) is 4.79 Å². The van der Waals surface area contributed by atoms with Gasteiger partial charge in [-0.25, -0.2) is 0 Å². The van der Waals surface area contributed by atoms with Crippen LogP contribution in [0.4, 0.5) is 5.69 Å². The monoisotopic (exact) mass is 298 g/mol. The molecule has 0 unspecified atom stereocenters. The lowest BCUT2D eigenvalue weighted by molar-refractivity contribution is -0.121. The van der Waals surface area contributed by atoms with Gasteiger partial charge in [-0.05, 0) is 32.3 Å². The molecule has 1 aromatic carbocycles. The lowest BCUT2D eigenvalue weighted by atomic mass is 10.2. The quantitative estimate of drug-likeness (QED) is 0.852. The molecule has 0 bridgehead atoms. The van der Waals surface area contributed by atoms with Crippen LogP contribution in [0.25, 0.3) is 0 Å². The van der Waals surface area contributed by atoms with Crippen LogP contribution in [0.1, 0.15) is 0 Å². The summed E-state index contributed by atoms with van der Waals surface area (Å²) in [5.41, 5.74) is 0.845. The van der Waals surface area contributed by atoms with Gasteiger partial charge >= 0.3 is 0 Å². The summed E-state index contributed by atoms with van der Waals surface area (Å²) in [6.45, 7) is 1.64. The first-order chi connectivity index (χ1) is 8.08. The predicted molar refractivity (Wildman–Crippen MR) is 70.5 cm³/mol. The molecule has 5 heteroatoms. The van der Waals surface area contributed by atoms with Crippen molar-refractivity contribution in [3.05, 3.63) is 22.7 Å².